The Bertz CT molecular complexity index is 2190. The van der Waals surface area contributed by atoms with Gasteiger partial charge in [0.15, 0.2) is 0 Å². The second-order valence-corrected chi connectivity index (χ2v) is 18.9. The van der Waals surface area contributed by atoms with E-state index >= 15 is 0 Å². The second-order valence-electron chi connectivity index (χ2n) is 18.9. The molecule has 0 bridgehead atoms. The fourth-order valence-corrected chi connectivity index (χ4v) is 10.1. The molecule has 372 valence electrons. The van der Waals surface area contributed by atoms with Crippen LogP contribution in [-0.2, 0) is 38.6 Å². The van der Waals surface area contributed by atoms with E-state index in [-0.39, 0.29) is 12.8 Å². The molecule has 3 aliphatic rings. The monoisotopic (exact) mass is 939 g/mol. The molecule has 7 rings (SSSR count). The van der Waals surface area contributed by atoms with Crippen LogP contribution in [0.3, 0.4) is 0 Å². The maximum atomic E-state index is 14.6. The highest BCUT2D eigenvalue weighted by Crippen LogP contribution is 2.52. The van der Waals surface area contributed by atoms with Crippen LogP contribution >= 0.6 is 0 Å². The minimum absolute atomic E-state index is 0.123. The molecule has 0 aromatic heterocycles. The lowest BCUT2D eigenvalue weighted by Gasteiger charge is -2.62. The topological polar surface area (TPSA) is 184 Å². The van der Waals surface area contributed by atoms with Crippen molar-refractivity contribution in [3.8, 4) is 0 Å². The Morgan fingerprint density at radius 1 is 0.471 bits per heavy atom. The van der Waals surface area contributed by atoms with Crippen molar-refractivity contribution in [2.75, 3.05) is 60.9 Å². The molecule has 0 radical (unpaired) electrons. The Hall–Kier alpha value is -4.70. The van der Waals surface area contributed by atoms with Gasteiger partial charge < -0.3 is 41.0 Å². The average molecular weight is 939 g/mol. The highest BCUT2D eigenvalue weighted by Gasteiger charge is 2.44. The van der Waals surface area contributed by atoms with Crippen LogP contribution in [0.15, 0.2) is 60.7 Å². The maximum Gasteiger partial charge on any atom is 0.310 e. The van der Waals surface area contributed by atoms with Crippen molar-refractivity contribution in [2.24, 2.45) is 0 Å². The van der Waals surface area contributed by atoms with Crippen LogP contribution in [0.4, 0.5) is 22.7 Å². The van der Waals surface area contributed by atoms with Crippen LogP contribution in [0, 0.1) is 0 Å². The first-order valence-corrected chi connectivity index (χ1v) is 25.5. The molecule has 1 saturated carbocycles. The zero-order valence-corrected chi connectivity index (χ0v) is 40.7. The predicted molar refractivity (Wildman–Crippen MR) is 263 cm³/mol. The summed E-state index contributed by atoms with van der Waals surface area (Å²) in [7, 11) is 0. The van der Waals surface area contributed by atoms with Crippen LogP contribution < -0.4 is 31.5 Å². The Morgan fingerprint density at radius 3 is 1.25 bits per heavy atom. The van der Waals surface area contributed by atoms with Gasteiger partial charge in [0.1, 0.15) is 11.3 Å². The van der Waals surface area contributed by atoms with E-state index < -0.39 is 47.3 Å². The summed E-state index contributed by atoms with van der Waals surface area (Å²) in [6, 6.07) is 19.4. The Morgan fingerprint density at radius 2 is 0.838 bits per heavy atom. The number of hydrogen-bond acceptors (Lipinski definition) is 14. The van der Waals surface area contributed by atoms with E-state index in [9.17, 15) is 19.8 Å². The van der Waals surface area contributed by atoms with E-state index in [0.717, 1.165) is 116 Å². The van der Waals surface area contributed by atoms with Gasteiger partial charge in [-0.05, 0) is 83.7 Å². The van der Waals surface area contributed by atoms with Crippen molar-refractivity contribution in [1.29, 1.82) is 0 Å². The summed E-state index contributed by atoms with van der Waals surface area (Å²) < 4.78 is 11.3. The number of rotatable bonds is 30. The average Bonchev–Trinajstić information content (AvgIpc) is 3.33. The molecule has 0 spiro atoms. The lowest BCUT2D eigenvalue weighted by atomic mass is 9.62. The molecule has 4 N–H and O–H groups in total. The highest BCUT2D eigenvalue weighted by molar-refractivity contribution is 6.08. The third-order valence-corrected chi connectivity index (χ3v) is 13.7. The number of carbonyl (C=O) groups excluding carboxylic acids is 2. The van der Waals surface area contributed by atoms with E-state index in [4.69, 9.17) is 29.0 Å². The molecule has 0 saturated heterocycles. The maximum absolute atomic E-state index is 14.6. The van der Waals surface area contributed by atoms with Gasteiger partial charge in [0.05, 0.1) is 52.5 Å². The summed E-state index contributed by atoms with van der Waals surface area (Å²) in [5, 5.41) is 47.0. The van der Waals surface area contributed by atoms with Gasteiger partial charge in [-0.25, -0.2) is 19.6 Å². The molecule has 14 heteroatoms. The second kappa shape index (κ2) is 24.7. The van der Waals surface area contributed by atoms with Crippen molar-refractivity contribution in [1.82, 2.24) is 0 Å². The zero-order valence-electron chi connectivity index (χ0n) is 40.7. The molecule has 2 unspecified atom stereocenters. The summed E-state index contributed by atoms with van der Waals surface area (Å²) in [4.78, 5) is 48.9. The molecule has 2 atom stereocenters. The van der Waals surface area contributed by atoms with Gasteiger partial charge in [0.2, 0.25) is 0 Å². The summed E-state index contributed by atoms with van der Waals surface area (Å²) in [5.74, 6) is -2.42. The SMILES string of the molecule is CCCCCOOCCC1(CCOOCCCCC)Nc2cccc3c(C4C([O-])C(c5ccc6c7c(cccc57)NC(CC(=O)OCCCCC)(CC(=O)OCCCCC)N6)C4[O-])ccc(c23)N1. The van der Waals surface area contributed by atoms with Crippen molar-refractivity contribution in [2.45, 2.75) is 166 Å². The summed E-state index contributed by atoms with van der Waals surface area (Å²) in [5.41, 5.74) is 2.71. The van der Waals surface area contributed by atoms with Gasteiger partial charge in [-0.3, -0.25) is 9.59 Å². The van der Waals surface area contributed by atoms with Gasteiger partial charge in [0, 0.05) is 46.4 Å². The first-order chi connectivity index (χ1) is 33.2. The number of hydrogen-bond donors (Lipinski definition) is 4. The normalized spacial score (nSPS) is 19.6. The first-order valence-electron chi connectivity index (χ1n) is 25.5. The van der Waals surface area contributed by atoms with Crippen LogP contribution in [0.1, 0.15) is 153 Å². The van der Waals surface area contributed by atoms with E-state index in [2.05, 4.69) is 49.0 Å². The summed E-state index contributed by atoms with van der Waals surface area (Å²) >= 11 is 0. The third-order valence-electron chi connectivity index (χ3n) is 13.7. The molecule has 68 heavy (non-hydrogen) atoms. The minimum atomic E-state index is -1.22. The molecule has 4 aromatic rings. The molecular weight excluding hydrogens is 865 g/mol. The number of nitrogens with one attached hydrogen (secondary N) is 4. The van der Waals surface area contributed by atoms with Crippen molar-refractivity contribution in [3.05, 3.63) is 71.8 Å². The largest absolute Gasteiger partial charge is 0.851 e. The van der Waals surface area contributed by atoms with Gasteiger partial charge in [-0.1, -0.05) is 115 Å². The number of unbranched alkanes of at least 4 members (excludes halogenated alkanes) is 8. The quantitative estimate of drug-likeness (QED) is 0.0168. The van der Waals surface area contributed by atoms with Crippen LogP contribution in [0.2, 0.25) is 0 Å². The molecule has 2 heterocycles. The lowest BCUT2D eigenvalue weighted by Crippen LogP contribution is -2.63. The van der Waals surface area contributed by atoms with Crippen molar-refractivity contribution >= 4 is 56.2 Å². The zero-order chi connectivity index (χ0) is 47.9. The Labute approximate surface area is 402 Å². The fourth-order valence-electron chi connectivity index (χ4n) is 10.1. The molecule has 14 nitrogen and oxygen atoms in total. The van der Waals surface area contributed by atoms with Gasteiger partial charge in [-0.15, -0.1) is 12.2 Å². The first kappa shape index (κ1) is 51.2. The Kier molecular flexibility index (Phi) is 18.6. The number of ether oxygens (including phenoxy) is 2. The standard InChI is InChI=1S/C54H74N4O10/c1-5-9-13-29-63-45(59)35-54(36-46(60)64-30-14-10-6-2)57-42-22-18-20-38-40(24-26-44(58-54)48(38)42)50-51(61)49(52(50)62)39-23-25-43-47-37(39)19-17-21-41(47)55-53(56-43,27-33-67-65-31-15-11-7-3)28-34-68-66-32-16-12-8-4/h17-26,49-52,55-58H,5-16,27-36H2,1-4H3/q-2. The molecule has 4 aromatic carbocycles. The number of benzene rings is 4. The summed E-state index contributed by atoms with van der Waals surface area (Å²) in [6.07, 6.45) is 10.1. The number of carbonyl (C=O) groups is 2. The highest BCUT2D eigenvalue weighted by atomic mass is 17.2. The van der Waals surface area contributed by atoms with Gasteiger partial charge in [-0.2, -0.15) is 0 Å². The van der Waals surface area contributed by atoms with E-state index in [1.54, 1.807) is 0 Å². The van der Waals surface area contributed by atoms with Crippen molar-refractivity contribution < 1.29 is 48.8 Å². The van der Waals surface area contributed by atoms with Gasteiger partial charge in [0.25, 0.3) is 0 Å². The predicted octanol–water partition coefficient (Wildman–Crippen LogP) is 9.70. The minimum Gasteiger partial charge on any atom is -0.851 e. The molecular formula is C54H74N4O10-2. The van der Waals surface area contributed by atoms with Crippen LogP contribution in [0.5, 0.6) is 0 Å². The number of anilines is 4. The Balaban J connectivity index is 1.09. The smallest absolute Gasteiger partial charge is 0.310 e. The van der Waals surface area contributed by atoms with Crippen LogP contribution in [-0.4, -0.2) is 75.1 Å². The fraction of sp³-hybridized carbons (Fsp3) is 0.593. The number of esters is 2. The lowest BCUT2D eigenvalue weighted by molar-refractivity contribution is -0.535. The third kappa shape index (κ3) is 12.2. The van der Waals surface area contributed by atoms with E-state index in [0.29, 0.717) is 69.4 Å². The summed E-state index contributed by atoms with van der Waals surface area (Å²) in [6.45, 7) is 10.9. The van der Waals surface area contributed by atoms with Crippen LogP contribution in [0.25, 0.3) is 21.5 Å². The molecule has 1 fully saturated rings. The van der Waals surface area contributed by atoms with E-state index in [1.807, 2.05) is 60.7 Å². The molecule has 0 amide bonds. The van der Waals surface area contributed by atoms with Crippen molar-refractivity contribution in [3.63, 3.8) is 0 Å². The van der Waals surface area contributed by atoms with Gasteiger partial charge >= 0.3 is 11.9 Å². The van der Waals surface area contributed by atoms with E-state index in [1.165, 1.54) is 0 Å². The molecule has 2 aliphatic heterocycles. The molecule has 1 aliphatic carbocycles.